The lowest BCUT2D eigenvalue weighted by atomic mass is 10.1. The molecule has 1 aromatic heterocycles. The van der Waals surface area contributed by atoms with Gasteiger partial charge in [-0.15, -0.1) is 0 Å². The number of fused-ring (bicyclic) bond motifs is 1. The maximum absolute atomic E-state index is 13.2. The monoisotopic (exact) mass is 236 g/mol. The van der Waals surface area contributed by atoms with E-state index in [-0.39, 0.29) is 17.1 Å². The zero-order chi connectivity index (χ0) is 12.2. The van der Waals surface area contributed by atoms with Crippen LogP contribution in [-0.4, -0.2) is 4.57 Å². The molecule has 1 aliphatic rings. The molecule has 1 saturated carbocycles. The van der Waals surface area contributed by atoms with Gasteiger partial charge in [-0.05, 0) is 18.9 Å². The van der Waals surface area contributed by atoms with Crippen molar-refractivity contribution in [1.82, 2.24) is 4.57 Å². The minimum atomic E-state index is -1.03. The first-order chi connectivity index (χ1) is 8.08. The molecule has 0 bridgehead atoms. The van der Waals surface area contributed by atoms with E-state index in [1.807, 2.05) is 0 Å². The Hall–Kier alpha value is -1.91. The van der Waals surface area contributed by atoms with Gasteiger partial charge in [-0.2, -0.15) is 0 Å². The number of rotatable bonds is 1. The van der Waals surface area contributed by atoms with E-state index >= 15 is 0 Å². The highest BCUT2D eigenvalue weighted by atomic mass is 19.2. The van der Waals surface area contributed by atoms with Crippen LogP contribution in [-0.2, 0) is 0 Å². The van der Waals surface area contributed by atoms with E-state index in [1.165, 1.54) is 6.20 Å². The maximum Gasteiger partial charge on any atom is 0.212 e. The number of halogens is 2. The van der Waals surface area contributed by atoms with Gasteiger partial charge in [0, 0.05) is 18.3 Å². The van der Waals surface area contributed by atoms with Gasteiger partial charge >= 0.3 is 0 Å². The Morgan fingerprint density at radius 3 is 2.53 bits per heavy atom. The molecule has 1 aliphatic carbocycles. The Bertz CT molecular complexity index is 674. The summed E-state index contributed by atoms with van der Waals surface area (Å²) in [4.78, 5) is 11.8. The van der Waals surface area contributed by atoms with Crippen molar-refractivity contribution in [3.63, 3.8) is 0 Å². The van der Waals surface area contributed by atoms with E-state index < -0.39 is 17.1 Å². The van der Waals surface area contributed by atoms with E-state index in [0.717, 1.165) is 25.0 Å². The highest BCUT2D eigenvalue weighted by molar-refractivity contribution is 5.82. The van der Waals surface area contributed by atoms with Crippen LogP contribution in [0.2, 0.25) is 0 Å². The second-order valence-electron chi connectivity index (χ2n) is 4.34. The normalized spacial score (nSPS) is 15.4. The second kappa shape index (κ2) is 3.29. The average Bonchev–Trinajstić information content (AvgIpc) is 3.10. The first kappa shape index (κ1) is 10.3. The first-order valence-corrected chi connectivity index (χ1v) is 5.37. The molecule has 0 saturated heterocycles. The molecule has 0 radical (unpaired) electrons. The Balaban J connectivity index is 2.45. The van der Waals surface area contributed by atoms with E-state index in [1.54, 1.807) is 4.57 Å². The first-order valence-electron chi connectivity index (χ1n) is 5.37. The largest absolute Gasteiger partial charge is 0.394 e. The number of pyridine rings is 1. The Morgan fingerprint density at radius 1 is 1.24 bits per heavy atom. The van der Waals surface area contributed by atoms with E-state index in [9.17, 15) is 13.6 Å². The van der Waals surface area contributed by atoms with Crippen LogP contribution in [0, 0.1) is 11.6 Å². The predicted molar refractivity (Wildman–Crippen MR) is 60.8 cm³/mol. The molecule has 2 aromatic rings. The Labute approximate surface area is 95.5 Å². The van der Waals surface area contributed by atoms with Gasteiger partial charge in [0.1, 0.15) is 0 Å². The predicted octanol–water partition coefficient (Wildman–Crippen LogP) is 2.20. The molecule has 88 valence electrons. The number of benzene rings is 1. The van der Waals surface area contributed by atoms with Gasteiger partial charge < -0.3 is 10.3 Å². The average molecular weight is 236 g/mol. The molecular weight excluding hydrogens is 226 g/mol. The molecule has 1 heterocycles. The smallest absolute Gasteiger partial charge is 0.212 e. The molecule has 0 spiro atoms. The van der Waals surface area contributed by atoms with Crippen LogP contribution in [0.25, 0.3) is 10.9 Å². The third-order valence-corrected chi connectivity index (χ3v) is 3.04. The molecule has 0 aliphatic heterocycles. The van der Waals surface area contributed by atoms with Crippen LogP contribution in [0.15, 0.2) is 23.1 Å². The zero-order valence-electron chi connectivity index (χ0n) is 8.91. The molecule has 1 aromatic carbocycles. The van der Waals surface area contributed by atoms with Crippen molar-refractivity contribution in [3.05, 3.63) is 40.2 Å². The van der Waals surface area contributed by atoms with Gasteiger partial charge in [0.05, 0.1) is 16.6 Å². The van der Waals surface area contributed by atoms with Crippen molar-refractivity contribution < 1.29 is 8.78 Å². The zero-order valence-corrected chi connectivity index (χ0v) is 8.91. The quantitative estimate of drug-likeness (QED) is 0.825. The highest BCUT2D eigenvalue weighted by Gasteiger charge is 2.25. The number of nitrogens with two attached hydrogens (primary N) is 1. The lowest BCUT2D eigenvalue weighted by molar-refractivity contribution is 0.510. The molecule has 0 unspecified atom stereocenters. The fraction of sp³-hybridized carbons (Fsp3) is 0.250. The molecule has 3 nitrogen and oxygen atoms in total. The lowest BCUT2D eigenvalue weighted by Crippen LogP contribution is -2.14. The summed E-state index contributed by atoms with van der Waals surface area (Å²) >= 11 is 0. The summed E-state index contributed by atoms with van der Waals surface area (Å²) in [6.07, 6.45) is 3.45. The minimum Gasteiger partial charge on any atom is -0.394 e. The minimum absolute atomic E-state index is 0.0652. The molecule has 3 rings (SSSR count). The second-order valence-corrected chi connectivity index (χ2v) is 4.34. The highest BCUT2D eigenvalue weighted by Crippen LogP contribution is 2.37. The molecule has 17 heavy (non-hydrogen) atoms. The van der Waals surface area contributed by atoms with Gasteiger partial charge in [-0.1, -0.05) is 0 Å². The lowest BCUT2D eigenvalue weighted by Gasteiger charge is -2.11. The van der Waals surface area contributed by atoms with E-state index in [0.29, 0.717) is 5.52 Å². The van der Waals surface area contributed by atoms with Crippen LogP contribution >= 0.6 is 0 Å². The van der Waals surface area contributed by atoms with Crippen LogP contribution < -0.4 is 11.2 Å². The number of hydrogen-bond acceptors (Lipinski definition) is 2. The standard InChI is InChI=1S/C12H10F2N2O/c13-8-3-7-11(4-9(8)14)16(6-1-2-6)5-10(15)12(7)17/h3-6H,1-2,15H2. The number of hydrogen-bond donors (Lipinski definition) is 1. The van der Waals surface area contributed by atoms with Gasteiger partial charge in [0.25, 0.3) is 0 Å². The van der Waals surface area contributed by atoms with Crippen molar-refractivity contribution in [1.29, 1.82) is 0 Å². The summed E-state index contributed by atoms with van der Waals surface area (Å²) in [7, 11) is 0. The van der Waals surface area contributed by atoms with E-state index in [2.05, 4.69) is 0 Å². The van der Waals surface area contributed by atoms with Crippen LogP contribution in [0.3, 0.4) is 0 Å². The third kappa shape index (κ3) is 1.50. The summed E-state index contributed by atoms with van der Waals surface area (Å²) in [5.41, 5.74) is 5.62. The summed E-state index contributed by atoms with van der Waals surface area (Å²) in [5.74, 6) is -1.97. The third-order valence-electron chi connectivity index (χ3n) is 3.04. The molecule has 1 fully saturated rings. The summed E-state index contributed by atoms with van der Waals surface area (Å²) in [6.45, 7) is 0. The summed E-state index contributed by atoms with van der Waals surface area (Å²) in [5, 5.41) is 0.135. The Morgan fingerprint density at radius 2 is 1.88 bits per heavy atom. The fourth-order valence-electron chi connectivity index (χ4n) is 2.02. The van der Waals surface area contributed by atoms with Crippen molar-refractivity contribution in [2.24, 2.45) is 0 Å². The SMILES string of the molecule is Nc1cn(C2CC2)c2cc(F)c(F)cc2c1=O. The van der Waals surface area contributed by atoms with Gasteiger partial charge in [-0.3, -0.25) is 4.79 Å². The fourth-order valence-corrected chi connectivity index (χ4v) is 2.02. The van der Waals surface area contributed by atoms with Crippen molar-refractivity contribution >= 4 is 16.6 Å². The molecule has 5 heteroatoms. The van der Waals surface area contributed by atoms with Crippen LogP contribution in [0.5, 0.6) is 0 Å². The molecule has 0 atom stereocenters. The van der Waals surface area contributed by atoms with Gasteiger partial charge in [-0.25, -0.2) is 8.78 Å². The Kier molecular flexibility index (Phi) is 1.98. The van der Waals surface area contributed by atoms with Crippen molar-refractivity contribution in [2.75, 3.05) is 5.73 Å². The number of aromatic nitrogens is 1. The number of nitrogen functional groups attached to an aromatic ring is 1. The summed E-state index contributed by atoms with van der Waals surface area (Å²) < 4.78 is 28.1. The van der Waals surface area contributed by atoms with Crippen LogP contribution in [0.4, 0.5) is 14.5 Å². The molecule has 0 amide bonds. The number of nitrogens with zero attached hydrogens (tertiary/aromatic N) is 1. The van der Waals surface area contributed by atoms with Gasteiger partial charge in [0.15, 0.2) is 11.6 Å². The number of anilines is 1. The maximum atomic E-state index is 13.2. The topological polar surface area (TPSA) is 48.0 Å². The van der Waals surface area contributed by atoms with Crippen LogP contribution in [0.1, 0.15) is 18.9 Å². The molecule has 2 N–H and O–H groups in total. The summed E-state index contributed by atoms with van der Waals surface area (Å²) in [6, 6.07) is 2.22. The molecular formula is C12H10F2N2O. The van der Waals surface area contributed by atoms with Crippen molar-refractivity contribution in [3.8, 4) is 0 Å². The van der Waals surface area contributed by atoms with Gasteiger partial charge in [0.2, 0.25) is 5.43 Å². The van der Waals surface area contributed by atoms with Crippen molar-refractivity contribution in [2.45, 2.75) is 18.9 Å². The van der Waals surface area contributed by atoms with E-state index in [4.69, 9.17) is 5.73 Å².